The quantitative estimate of drug-likeness (QED) is 0.477. The fourth-order valence-electron chi connectivity index (χ4n) is 4.92. The Hall–Kier alpha value is -2.21. The van der Waals surface area contributed by atoms with Crippen molar-refractivity contribution in [1.82, 2.24) is 0 Å². The third kappa shape index (κ3) is 3.70. The maximum Gasteiger partial charge on any atom is 0.353 e. The van der Waals surface area contributed by atoms with Gasteiger partial charge in [0.05, 0.1) is 13.2 Å². The molecule has 0 saturated heterocycles. The topological polar surface area (TPSA) is 87.0 Å². The molecule has 5 nitrogen and oxygen atoms in total. The van der Waals surface area contributed by atoms with Gasteiger partial charge < -0.3 is 15.1 Å². The summed E-state index contributed by atoms with van der Waals surface area (Å²) in [5.41, 5.74) is -1.16. The van der Waals surface area contributed by atoms with Gasteiger partial charge in [-0.05, 0) is 27.9 Å². The van der Waals surface area contributed by atoms with Crippen LogP contribution in [0.2, 0.25) is 0 Å². The Labute approximate surface area is 166 Å². The molecule has 0 bridgehead atoms. The second-order valence-corrected chi connectivity index (χ2v) is 8.46. The number of aliphatic hydroxyl groups excluding tert-OH is 2. The van der Waals surface area contributed by atoms with Crippen LogP contribution >= 0.6 is 0 Å². The van der Waals surface area contributed by atoms with E-state index in [9.17, 15) is 20.3 Å². The van der Waals surface area contributed by atoms with Crippen LogP contribution in [0.5, 0.6) is 0 Å². The van der Waals surface area contributed by atoms with E-state index in [4.69, 9.17) is 0 Å². The summed E-state index contributed by atoms with van der Waals surface area (Å²) in [4.78, 5) is 16.8. The molecule has 2 aromatic rings. The summed E-state index contributed by atoms with van der Waals surface area (Å²) >= 11 is 0. The lowest BCUT2D eigenvalue weighted by Crippen LogP contribution is -2.59. The molecule has 0 aliphatic rings. The molecule has 152 valence electrons. The molecule has 0 fully saturated rings. The zero-order valence-corrected chi connectivity index (χ0v) is 16.9. The summed E-state index contributed by atoms with van der Waals surface area (Å²) in [6.07, 6.45) is 0. The van der Waals surface area contributed by atoms with E-state index >= 15 is 0 Å². The van der Waals surface area contributed by atoms with Crippen LogP contribution in [0.4, 0.5) is 0 Å². The molecule has 0 atom stereocenters. The first kappa shape index (κ1) is 22.1. The summed E-state index contributed by atoms with van der Waals surface area (Å²) in [5, 5.41) is 29.8. The molecule has 3 N–H and O–H groups in total. The molecule has 28 heavy (non-hydrogen) atoms. The predicted molar refractivity (Wildman–Crippen MR) is 108 cm³/mol. The Morgan fingerprint density at radius 1 is 0.821 bits per heavy atom. The van der Waals surface area contributed by atoms with Gasteiger partial charge in [0.2, 0.25) is 0 Å². The molecule has 2 rings (SSSR count). The zero-order chi connectivity index (χ0) is 21.0. The fraction of sp³-hybridized carbons (Fsp3) is 0.435. The van der Waals surface area contributed by atoms with Crippen LogP contribution in [0.15, 0.2) is 60.7 Å². The minimum atomic E-state index is -1.71. The van der Waals surface area contributed by atoms with Gasteiger partial charge in [-0.25, -0.2) is 4.79 Å². The molecule has 0 aromatic heterocycles. The van der Waals surface area contributed by atoms with Crippen molar-refractivity contribution in [2.24, 2.45) is 11.3 Å². The number of aliphatic hydroxyl groups is 2. The van der Waals surface area contributed by atoms with E-state index in [1.165, 1.54) is 0 Å². The number of carbonyl (C=O) groups is 1. The molecule has 0 amide bonds. The second-order valence-electron chi connectivity index (χ2n) is 8.46. The average Bonchev–Trinajstić information content (AvgIpc) is 2.72. The smallest absolute Gasteiger partial charge is 0.353 e. The standard InChI is InChI=1S/C23H30O5/c1-21(2,17-11-7-5-8-12-17)19(23(15-24,16-25)20(26)28-27)22(3,4)18-13-9-6-10-14-18/h5-14,19,24-25,27H,15-16H2,1-4H3. The minimum Gasteiger partial charge on any atom is -0.395 e. The van der Waals surface area contributed by atoms with Gasteiger partial charge in [0.15, 0.2) is 0 Å². The normalized spacial score (nSPS) is 12.9. The van der Waals surface area contributed by atoms with Crippen molar-refractivity contribution in [3.63, 3.8) is 0 Å². The third-order valence-electron chi connectivity index (χ3n) is 6.09. The first-order chi connectivity index (χ1) is 13.2. The monoisotopic (exact) mass is 386 g/mol. The van der Waals surface area contributed by atoms with Crippen LogP contribution in [0, 0.1) is 11.3 Å². The SMILES string of the molecule is CC(C)(c1ccccc1)C(C(CO)(CO)C(=O)OO)C(C)(C)c1ccccc1. The summed E-state index contributed by atoms with van der Waals surface area (Å²) in [6.45, 7) is 6.57. The maximum atomic E-state index is 12.7. The van der Waals surface area contributed by atoms with Crippen molar-refractivity contribution in [2.75, 3.05) is 13.2 Å². The average molecular weight is 386 g/mol. The van der Waals surface area contributed by atoms with Crippen LogP contribution in [-0.2, 0) is 20.5 Å². The van der Waals surface area contributed by atoms with Crippen LogP contribution in [0.1, 0.15) is 38.8 Å². The van der Waals surface area contributed by atoms with Gasteiger partial charge >= 0.3 is 5.97 Å². The molecule has 5 heteroatoms. The van der Waals surface area contributed by atoms with E-state index in [0.717, 1.165) is 11.1 Å². The lowest BCUT2D eigenvalue weighted by atomic mass is 9.50. The first-order valence-corrected chi connectivity index (χ1v) is 9.37. The molecular weight excluding hydrogens is 356 g/mol. The molecule has 0 unspecified atom stereocenters. The second kappa shape index (κ2) is 8.43. The van der Waals surface area contributed by atoms with Gasteiger partial charge in [0.25, 0.3) is 0 Å². The maximum absolute atomic E-state index is 12.7. The summed E-state index contributed by atoms with van der Waals surface area (Å²) < 4.78 is 0. The third-order valence-corrected chi connectivity index (χ3v) is 6.09. The van der Waals surface area contributed by atoms with E-state index in [2.05, 4.69) is 4.89 Å². The van der Waals surface area contributed by atoms with Crippen molar-refractivity contribution in [1.29, 1.82) is 0 Å². The van der Waals surface area contributed by atoms with Crippen LogP contribution in [0.3, 0.4) is 0 Å². The van der Waals surface area contributed by atoms with E-state index in [1.807, 2.05) is 88.4 Å². The summed E-state index contributed by atoms with van der Waals surface area (Å²) in [5.74, 6) is -1.66. The minimum absolute atomic E-state index is 0.619. The molecule has 0 saturated carbocycles. The lowest BCUT2D eigenvalue weighted by Gasteiger charge is -2.52. The van der Waals surface area contributed by atoms with E-state index in [1.54, 1.807) is 0 Å². The summed E-state index contributed by atoms with van der Waals surface area (Å²) in [6, 6.07) is 19.3. The lowest BCUT2D eigenvalue weighted by molar-refractivity contribution is -0.256. The highest BCUT2D eigenvalue weighted by molar-refractivity contribution is 5.78. The highest BCUT2D eigenvalue weighted by atomic mass is 17.1. The number of benzene rings is 2. The zero-order valence-electron chi connectivity index (χ0n) is 16.9. The Morgan fingerprint density at radius 2 is 1.18 bits per heavy atom. The largest absolute Gasteiger partial charge is 0.395 e. The highest BCUT2D eigenvalue weighted by Crippen LogP contribution is 2.53. The van der Waals surface area contributed by atoms with Crippen molar-refractivity contribution in [2.45, 2.75) is 38.5 Å². The number of hydrogen-bond donors (Lipinski definition) is 3. The molecule has 0 aliphatic heterocycles. The summed E-state index contributed by atoms with van der Waals surface area (Å²) in [7, 11) is 0. The van der Waals surface area contributed by atoms with Gasteiger partial charge in [-0.2, -0.15) is 5.26 Å². The van der Waals surface area contributed by atoms with Gasteiger partial charge in [-0.15, -0.1) is 0 Å². The highest BCUT2D eigenvalue weighted by Gasteiger charge is 2.59. The van der Waals surface area contributed by atoms with E-state index in [0.29, 0.717) is 0 Å². The molecule has 2 aromatic carbocycles. The van der Waals surface area contributed by atoms with E-state index < -0.39 is 41.3 Å². The first-order valence-electron chi connectivity index (χ1n) is 9.37. The molecule has 0 radical (unpaired) electrons. The molecule has 0 aliphatic carbocycles. The van der Waals surface area contributed by atoms with Gasteiger partial charge in [0.1, 0.15) is 5.41 Å². The number of hydrogen-bond acceptors (Lipinski definition) is 5. The van der Waals surface area contributed by atoms with Crippen LogP contribution in [-0.4, -0.2) is 34.7 Å². The van der Waals surface area contributed by atoms with Crippen LogP contribution < -0.4 is 0 Å². The Bertz CT molecular complexity index is 713. The van der Waals surface area contributed by atoms with Gasteiger partial charge in [0, 0.05) is 0 Å². The predicted octanol–water partition coefficient (Wildman–Crippen LogP) is 3.55. The van der Waals surface area contributed by atoms with Crippen molar-refractivity contribution >= 4 is 5.97 Å². The fourth-order valence-corrected chi connectivity index (χ4v) is 4.92. The molecule has 0 heterocycles. The molecule has 0 spiro atoms. The van der Waals surface area contributed by atoms with Crippen LogP contribution in [0.25, 0.3) is 0 Å². The molecular formula is C23H30O5. The number of carbonyl (C=O) groups excluding carboxylic acids is 1. The van der Waals surface area contributed by atoms with Gasteiger partial charge in [-0.1, -0.05) is 88.4 Å². The van der Waals surface area contributed by atoms with Crippen molar-refractivity contribution < 1.29 is 25.2 Å². The van der Waals surface area contributed by atoms with E-state index in [-0.39, 0.29) is 0 Å². The Kier molecular flexibility index (Phi) is 6.65. The Balaban J connectivity index is 2.80. The van der Waals surface area contributed by atoms with Crippen molar-refractivity contribution in [3.05, 3.63) is 71.8 Å². The van der Waals surface area contributed by atoms with Crippen molar-refractivity contribution in [3.8, 4) is 0 Å². The Morgan fingerprint density at radius 3 is 1.46 bits per heavy atom. The van der Waals surface area contributed by atoms with Gasteiger partial charge in [-0.3, -0.25) is 0 Å². The number of rotatable bonds is 8.